The van der Waals surface area contributed by atoms with Gasteiger partial charge in [0.2, 0.25) is 0 Å². The highest BCUT2D eigenvalue weighted by atomic mass is 16.5. The van der Waals surface area contributed by atoms with E-state index >= 15 is 0 Å². The molecule has 0 aliphatic heterocycles. The SMILES string of the molecule is Cc1ccc(C=CC(=O)c2ccc(OCC(=O)N(C)C)cc2)c(C)c1. The molecule has 4 heteroatoms. The van der Waals surface area contributed by atoms with Crippen LogP contribution in [0.2, 0.25) is 0 Å². The number of aryl methyl sites for hydroxylation is 2. The van der Waals surface area contributed by atoms with Crippen LogP contribution in [-0.2, 0) is 4.79 Å². The van der Waals surface area contributed by atoms with Crippen LogP contribution in [-0.4, -0.2) is 37.3 Å². The van der Waals surface area contributed by atoms with E-state index in [4.69, 9.17) is 4.74 Å². The second kappa shape index (κ2) is 8.29. The Morgan fingerprint density at radius 3 is 2.32 bits per heavy atom. The van der Waals surface area contributed by atoms with Crippen molar-refractivity contribution in [2.45, 2.75) is 13.8 Å². The third-order valence-corrected chi connectivity index (χ3v) is 3.84. The summed E-state index contributed by atoms with van der Waals surface area (Å²) in [5, 5.41) is 0. The molecule has 0 aromatic heterocycles. The Balaban J connectivity index is 2.00. The van der Waals surface area contributed by atoms with E-state index in [0.29, 0.717) is 11.3 Å². The van der Waals surface area contributed by atoms with Crippen molar-refractivity contribution < 1.29 is 14.3 Å². The molecule has 25 heavy (non-hydrogen) atoms. The average molecular weight is 337 g/mol. The fourth-order valence-corrected chi connectivity index (χ4v) is 2.26. The number of hydrogen-bond acceptors (Lipinski definition) is 3. The lowest BCUT2D eigenvalue weighted by Gasteiger charge is -2.11. The van der Waals surface area contributed by atoms with E-state index in [0.717, 1.165) is 11.1 Å². The van der Waals surface area contributed by atoms with Crippen molar-refractivity contribution in [1.29, 1.82) is 0 Å². The zero-order valence-corrected chi connectivity index (χ0v) is 15.1. The molecule has 2 aromatic rings. The molecule has 0 N–H and O–H groups in total. The number of hydrogen-bond donors (Lipinski definition) is 0. The Morgan fingerprint density at radius 1 is 1.04 bits per heavy atom. The zero-order chi connectivity index (χ0) is 18.4. The summed E-state index contributed by atoms with van der Waals surface area (Å²) in [4.78, 5) is 25.2. The van der Waals surface area contributed by atoms with E-state index in [1.165, 1.54) is 10.5 Å². The van der Waals surface area contributed by atoms with E-state index in [-0.39, 0.29) is 18.3 Å². The first kappa shape index (κ1) is 18.5. The number of carbonyl (C=O) groups excluding carboxylic acids is 2. The molecule has 0 heterocycles. The molecule has 1 amide bonds. The van der Waals surface area contributed by atoms with Crippen LogP contribution in [0, 0.1) is 13.8 Å². The maximum Gasteiger partial charge on any atom is 0.259 e. The van der Waals surface area contributed by atoms with Crippen LogP contribution in [0.5, 0.6) is 5.75 Å². The van der Waals surface area contributed by atoms with Gasteiger partial charge in [-0.1, -0.05) is 29.8 Å². The Labute approximate surface area is 148 Å². The summed E-state index contributed by atoms with van der Waals surface area (Å²) < 4.78 is 5.40. The van der Waals surface area contributed by atoms with Gasteiger partial charge in [-0.05, 0) is 55.3 Å². The van der Waals surface area contributed by atoms with Crippen LogP contribution in [0.1, 0.15) is 27.0 Å². The lowest BCUT2D eigenvalue weighted by molar-refractivity contribution is -0.130. The quantitative estimate of drug-likeness (QED) is 0.597. The van der Waals surface area contributed by atoms with Crippen molar-refractivity contribution in [3.05, 3.63) is 70.8 Å². The summed E-state index contributed by atoms with van der Waals surface area (Å²) >= 11 is 0. The molecule has 0 aliphatic carbocycles. The van der Waals surface area contributed by atoms with Crippen molar-refractivity contribution in [1.82, 2.24) is 4.90 Å². The lowest BCUT2D eigenvalue weighted by Crippen LogP contribution is -2.27. The van der Waals surface area contributed by atoms with Gasteiger partial charge in [-0.2, -0.15) is 0 Å². The number of amides is 1. The molecule has 4 nitrogen and oxygen atoms in total. The van der Waals surface area contributed by atoms with Crippen LogP contribution in [0.25, 0.3) is 6.08 Å². The van der Waals surface area contributed by atoms with Gasteiger partial charge in [-0.25, -0.2) is 0 Å². The number of nitrogens with zero attached hydrogens (tertiary/aromatic N) is 1. The highest BCUT2D eigenvalue weighted by molar-refractivity contribution is 6.06. The minimum atomic E-state index is -0.114. The van der Waals surface area contributed by atoms with Crippen molar-refractivity contribution in [2.75, 3.05) is 20.7 Å². The first-order valence-electron chi connectivity index (χ1n) is 8.09. The van der Waals surface area contributed by atoms with Crippen molar-refractivity contribution in [3.63, 3.8) is 0 Å². The van der Waals surface area contributed by atoms with Gasteiger partial charge in [0.25, 0.3) is 5.91 Å². The molecule has 2 aromatic carbocycles. The monoisotopic (exact) mass is 337 g/mol. The van der Waals surface area contributed by atoms with E-state index in [2.05, 4.69) is 6.07 Å². The average Bonchev–Trinajstić information content (AvgIpc) is 2.59. The minimum Gasteiger partial charge on any atom is -0.484 e. The van der Waals surface area contributed by atoms with Gasteiger partial charge in [-0.15, -0.1) is 0 Å². The first-order valence-corrected chi connectivity index (χ1v) is 8.09. The Morgan fingerprint density at radius 2 is 1.72 bits per heavy atom. The van der Waals surface area contributed by atoms with Crippen LogP contribution >= 0.6 is 0 Å². The molecule has 0 spiro atoms. The van der Waals surface area contributed by atoms with Crippen LogP contribution < -0.4 is 4.74 Å². The molecule has 130 valence electrons. The Hall–Kier alpha value is -2.88. The van der Waals surface area contributed by atoms with E-state index < -0.39 is 0 Å². The summed E-state index contributed by atoms with van der Waals surface area (Å²) in [7, 11) is 3.35. The largest absolute Gasteiger partial charge is 0.484 e. The fraction of sp³-hybridized carbons (Fsp3) is 0.238. The number of benzene rings is 2. The number of carbonyl (C=O) groups is 2. The van der Waals surface area contributed by atoms with E-state index in [1.807, 2.05) is 32.1 Å². The molecule has 0 aliphatic rings. The van der Waals surface area contributed by atoms with Crippen LogP contribution in [0.4, 0.5) is 0 Å². The fourth-order valence-electron chi connectivity index (χ4n) is 2.26. The topological polar surface area (TPSA) is 46.6 Å². The molecule has 0 fully saturated rings. The number of rotatable bonds is 6. The van der Waals surface area contributed by atoms with Crippen molar-refractivity contribution in [3.8, 4) is 5.75 Å². The van der Waals surface area contributed by atoms with Gasteiger partial charge >= 0.3 is 0 Å². The maximum absolute atomic E-state index is 12.3. The first-order chi connectivity index (χ1) is 11.9. The van der Waals surface area contributed by atoms with Crippen molar-refractivity contribution >= 4 is 17.8 Å². The lowest BCUT2D eigenvalue weighted by atomic mass is 10.0. The van der Waals surface area contributed by atoms with Crippen LogP contribution in [0.15, 0.2) is 48.5 Å². The molecular formula is C21H23NO3. The number of likely N-dealkylation sites (N-methyl/N-ethyl adjacent to an activating group) is 1. The van der Waals surface area contributed by atoms with Gasteiger partial charge in [0.05, 0.1) is 0 Å². The summed E-state index contributed by atoms with van der Waals surface area (Å²) in [5.74, 6) is 0.373. The van der Waals surface area contributed by atoms with Gasteiger partial charge in [-0.3, -0.25) is 9.59 Å². The van der Waals surface area contributed by atoms with Gasteiger partial charge in [0.1, 0.15) is 5.75 Å². The molecule has 2 rings (SSSR count). The smallest absolute Gasteiger partial charge is 0.259 e. The van der Waals surface area contributed by atoms with E-state index in [9.17, 15) is 9.59 Å². The summed E-state index contributed by atoms with van der Waals surface area (Å²) in [5.41, 5.74) is 3.94. The van der Waals surface area contributed by atoms with Crippen LogP contribution in [0.3, 0.4) is 0 Å². The predicted molar refractivity (Wildman–Crippen MR) is 99.9 cm³/mol. The molecule has 0 atom stereocenters. The van der Waals surface area contributed by atoms with Gasteiger partial charge < -0.3 is 9.64 Å². The molecule has 0 unspecified atom stereocenters. The van der Waals surface area contributed by atoms with Gasteiger partial charge in [0.15, 0.2) is 12.4 Å². The number of ether oxygens (including phenoxy) is 1. The highest BCUT2D eigenvalue weighted by Gasteiger charge is 2.06. The Kier molecular flexibility index (Phi) is 6.12. The minimum absolute atomic E-state index is 0.0209. The van der Waals surface area contributed by atoms with Gasteiger partial charge in [0, 0.05) is 19.7 Å². The second-order valence-electron chi connectivity index (χ2n) is 6.16. The van der Waals surface area contributed by atoms with Crippen molar-refractivity contribution in [2.24, 2.45) is 0 Å². The molecule has 0 saturated heterocycles. The zero-order valence-electron chi connectivity index (χ0n) is 15.1. The highest BCUT2D eigenvalue weighted by Crippen LogP contribution is 2.15. The normalized spacial score (nSPS) is 10.7. The summed E-state index contributed by atoms with van der Waals surface area (Å²) in [6, 6.07) is 12.9. The maximum atomic E-state index is 12.3. The molecule has 0 saturated carbocycles. The number of allylic oxidation sites excluding steroid dienone is 1. The molecule has 0 bridgehead atoms. The molecular weight excluding hydrogens is 314 g/mol. The standard InChI is InChI=1S/C21H23NO3/c1-15-5-6-17(16(2)13-15)9-12-20(23)18-7-10-19(11-8-18)25-14-21(24)22(3)4/h5-13H,14H2,1-4H3. The third kappa shape index (κ3) is 5.31. The molecule has 0 radical (unpaired) electrons. The Bertz CT molecular complexity index is 789. The summed E-state index contributed by atoms with van der Waals surface area (Å²) in [6.45, 7) is 4.05. The van der Waals surface area contributed by atoms with E-state index in [1.54, 1.807) is 44.4 Å². The third-order valence-electron chi connectivity index (χ3n) is 3.84. The predicted octanol–water partition coefficient (Wildman–Crippen LogP) is 3.67. The second-order valence-corrected chi connectivity index (χ2v) is 6.16. The number of ketones is 1. The summed E-state index contributed by atoms with van der Waals surface area (Å²) in [6.07, 6.45) is 3.40.